The molecule has 5 nitrogen and oxygen atoms in total. The molecule has 1 N–H and O–H groups in total. The third kappa shape index (κ3) is 4.75. The fraction of sp³-hybridized carbons (Fsp3) is 0.208. The highest BCUT2D eigenvalue weighted by molar-refractivity contribution is 7.92. The zero-order valence-corrected chi connectivity index (χ0v) is 19.5. The van der Waals surface area contributed by atoms with Crippen LogP contribution in [-0.4, -0.2) is 20.9 Å². The summed E-state index contributed by atoms with van der Waals surface area (Å²) in [7, 11) is -3.86. The molecule has 0 saturated carbocycles. The molecule has 3 aromatic rings. The van der Waals surface area contributed by atoms with Gasteiger partial charge in [-0.2, -0.15) is 0 Å². The van der Waals surface area contributed by atoms with E-state index in [-0.39, 0.29) is 17.0 Å². The number of nitrogens with one attached hydrogen (secondary N) is 1. The lowest BCUT2D eigenvalue weighted by Gasteiger charge is -2.24. The van der Waals surface area contributed by atoms with Crippen molar-refractivity contribution in [1.82, 2.24) is 0 Å². The van der Waals surface area contributed by atoms with E-state index in [9.17, 15) is 13.2 Å². The third-order valence-electron chi connectivity index (χ3n) is 5.02. The van der Waals surface area contributed by atoms with Crippen molar-refractivity contribution < 1.29 is 13.2 Å². The Bertz CT molecular complexity index is 1200. The number of sulfonamides is 1. The van der Waals surface area contributed by atoms with Crippen LogP contribution in [0.2, 0.25) is 5.02 Å². The van der Waals surface area contributed by atoms with Crippen LogP contribution in [0.3, 0.4) is 0 Å². The number of benzene rings is 3. The summed E-state index contributed by atoms with van der Waals surface area (Å²) in [6.07, 6.45) is 0. The molecule has 0 aliphatic heterocycles. The van der Waals surface area contributed by atoms with Crippen LogP contribution in [0.4, 0.5) is 11.4 Å². The zero-order chi connectivity index (χ0) is 22.8. The van der Waals surface area contributed by atoms with E-state index in [4.69, 9.17) is 11.6 Å². The van der Waals surface area contributed by atoms with Crippen molar-refractivity contribution in [2.45, 2.75) is 32.6 Å². The zero-order valence-electron chi connectivity index (χ0n) is 17.9. The smallest absolute Gasteiger partial charge is 0.264 e. The fourth-order valence-electron chi connectivity index (χ4n) is 3.48. The Morgan fingerprint density at radius 1 is 0.968 bits per heavy atom. The maximum absolute atomic E-state index is 13.4. The predicted octanol–water partition coefficient (Wildman–Crippen LogP) is 5.73. The Morgan fingerprint density at radius 2 is 1.65 bits per heavy atom. The molecule has 162 valence electrons. The molecule has 0 aliphatic rings. The first kappa shape index (κ1) is 22.8. The second-order valence-corrected chi connectivity index (χ2v) is 9.62. The van der Waals surface area contributed by atoms with Crippen molar-refractivity contribution >= 4 is 38.9 Å². The minimum Gasteiger partial charge on any atom is -0.320 e. The minimum atomic E-state index is -3.86. The quantitative estimate of drug-likeness (QED) is 0.514. The summed E-state index contributed by atoms with van der Waals surface area (Å²) in [6.45, 7) is 7.54. The average Bonchev–Trinajstić information content (AvgIpc) is 2.71. The van der Waals surface area contributed by atoms with E-state index in [1.807, 2.05) is 26.0 Å². The number of aryl methyl sites for hydroxylation is 3. The predicted molar refractivity (Wildman–Crippen MR) is 127 cm³/mol. The second-order valence-electron chi connectivity index (χ2n) is 7.38. The number of anilines is 2. The van der Waals surface area contributed by atoms with Crippen molar-refractivity contribution in [1.29, 1.82) is 0 Å². The summed E-state index contributed by atoms with van der Waals surface area (Å²) >= 11 is 6.31. The molecule has 1 amide bonds. The summed E-state index contributed by atoms with van der Waals surface area (Å²) in [5.74, 6) is -0.423. The molecule has 31 heavy (non-hydrogen) atoms. The third-order valence-corrected chi connectivity index (χ3v) is 7.36. The number of hydrogen-bond donors (Lipinski definition) is 1. The molecule has 3 aromatic carbocycles. The van der Waals surface area contributed by atoms with Crippen molar-refractivity contribution in [3.05, 3.63) is 87.9 Å². The number of carbonyl (C=O) groups excluding carboxylic acids is 1. The lowest BCUT2D eigenvalue weighted by Crippen LogP contribution is -2.31. The minimum absolute atomic E-state index is 0.0950. The Hall–Kier alpha value is -2.83. The first-order chi connectivity index (χ1) is 14.6. The molecular formula is C24H25ClN2O3S. The standard InChI is InChI=1S/C24H25ClN2O3S/c1-5-27(20-9-7-6-8-10-20)31(29,30)22-15-19(12-11-17(22)3)24(28)26-23-18(4)13-16(2)14-21(23)25/h6-15H,5H2,1-4H3,(H,26,28). The number of halogens is 1. The van der Waals surface area contributed by atoms with Crippen molar-refractivity contribution in [2.75, 3.05) is 16.2 Å². The molecule has 0 unspecified atom stereocenters. The summed E-state index contributed by atoms with van der Waals surface area (Å²) in [5, 5.41) is 3.25. The lowest BCUT2D eigenvalue weighted by molar-refractivity contribution is 0.102. The van der Waals surface area contributed by atoms with E-state index in [1.165, 1.54) is 10.4 Å². The molecule has 0 fully saturated rings. The summed E-state index contributed by atoms with van der Waals surface area (Å²) < 4.78 is 28.2. The van der Waals surface area contributed by atoms with E-state index in [0.717, 1.165) is 11.1 Å². The van der Waals surface area contributed by atoms with Gasteiger partial charge < -0.3 is 5.32 Å². The molecule has 0 bridgehead atoms. The normalized spacial score (nSPS) is 11.3. The van der Waals surface area contributed by atoms with Crippen LogP contribution in [0.15, 0.2) is 65.6 Å². The van der Waals surface area contributed by atoms with E-state index >= 15 is 0 Å². The number of rotatable bonds is 6. The number of carbonyl (C=O) groups is 1. The van der Waals surface area contributed by atoms with Gasteiger partial charge in [0.1, 0.15) is 0 Å². The molecule has 0 radical (unpaired) electrons. The van der Waals surface area contributed by atoms with E-state index in [2.05, 4.69) is 5.32 Å². The number of nitrogens with zero attached hydrogens (tertiary/aromatic N) is 1. The SMILES string of the molecule is CCN(c1ccccc1)S(=O)(=O)c1cc(C(=O)Nc2c(C)cc(C)cc2Cl)ccc1C. The summed E-state index contributed by atoms with van der Waals surface area (Å²) in [5.41, 5.74) is 3.71. The van der Waals surface area contributed by atoms with Crippen LogP contribution in [0.5, 0.6) is 0 Å². The molecule has 0 aromatic heterocycles. The van der Waals surface area contributed by atoms with Gasteiger partial charge in [-0.15, -0.1) is 0 Å². The van der Waals surface area contributed by atoms with Gasteiger partial charge in [0.2, 0.25) is 0 Å². The molecule has 0 saturated heterocycles. The van der Waals surface area contributed by atoms with Gasteiger partial charge in [0.05, 0.1) is 21.3 Å². The van der Waals surface area contributed by atoms with Gasteiger partial charge >= 0.3 is 0 Å². The topological polar surface area (TPSA) is 66.5 Å². The van der Waals surface area contributed by atoms with Crippen LogP contribution >= 0.6 is 11.6 Å². The Labute approximate surface area is 188 Å². The van der Waals surface area contributed by atoms with Gasteiger partial charge in [-0.1, -0.05) is 41.9 Å². The van der Waals surface area contributed by atoms with Gasteiger partial charge in [0.25, 0.3) is 15.9 Å². The highest BCUT2D eigenvalue weighted by atomic mass is 35.5. The van der Waals surface area contributed by atoms with Crippen LogP contribution in [0.25, 0.3) is 0 Å². The lowest BCUT2D eigenvalue weighted by atomic mass is 10.1. The molecule has 7 heteroatoms. The van der Waals surface area contributed by atoms with Gasteiger partial charge in [-0.3, -0.25) is 9.10 Å². The van der Waals surface area contributed by atoms with Crippen molar-refractivity contribution in [3.8, 4) is 0 Å². The fourth-order valence-corrected chi connectivity index (χ4v) is 5.58. The Morgan fingerprint density at radius 3 is 2.26 bits per heavy atom. The maximum Gasteiger partial charge on any atom is 0.264 e. The maximum atomic E-state index is 13.4. The second kappa shape index (κ2) is 9.12. The van der Waals surface area contributed by atoms with Gasteiger partial charge in [-0.05, 0) is 74.7 Å². The highest BCUT2D eigenvalue weighted by Crippen LogP contribution is 2.29. The van der Waals surface area contributed by atoms with Crippen molar-refractivity contribution in [3.63, 3.8) is 0 Å². The molecule has 0 spiro atoms. The highest BCUT2D eigenvalue weighted by Gasteiger charge is 2.26. The van der Waals surface area contributed by atoms with Crippen LogP contribution in [-0.2, 0) is 10.0 Å². The van der Waals surface area contributed by atoms with Crippen LogP contribution in [0, 0.1) is 20.8 Å². The average molecular weight is 457 g/mol. The molecule has 0 heterocycles. The summed E-state index contributed by atoms with van der Waals surface area (Å²) in [6, 6.07) is 17.3. The molecule has 0 aliphatic carbocycles. The van der Waals surface area contributed by atoms with E-state index in [1.54, 1.807) is 56.3 Å². The largest absolute Gasteiger partial charge is 0.320 e. The van der Waals surface area contributed by atoms with Gasteiger partial charge in [0.15, 0.2) is 0 Å². The molecule has 0 atom stereocenters. The van der Waals surface area contributed by atoms with Crippen LogP contribution < -0.4 is 9.62 Å². The molecular weight excluding hydrogens is 432 g/mol. The first-order valence-electron chi connectivity index (χ1n) is 9.91. The first-order valence-corrected chi connectivity index (χ1v) is 11.7. The molecule has 3 rings (SSSR count). The Balaban J connectivity index is 1.99. The number of para-hydroxylation sites is 1. The summed E-state index contributed by atoms with van der Waals surface area (Å²) in [4.78, 5) is 13.0. The van der Waals surface area contributed by atoms with Crippen LogP contribution in [0.1, 0.15) is 34.0 Å². The number of hydrogen-bond acceptors (Lipinski definition) is 3. The number of amides is 1. The van der Waals surface area contributed by atoms with Crippen molar-refractivity contribution in [2.24, 2.45) is 0 Å². The Kier molecular flexibility index (Phi) is 6.72. The monoisotopic (exact) mass is 456 g/mol. The van der Waals surface area contributed by atoms with Gasteiger partial charge in [0, 0.05) is 12.1 Å². The van der Waals surface area contributed by atoms with Gasteiger partial charge in [-0.25, -0.2) is 8.42 Å². The van der Waals surface area contributed by atoms with E-state index in [0.29, 0.717) is 22.0 Å². The van der Waals surface area contributed by atoms with E-state index < -0.39 is 15.9 Å².